The quantitative estimate of drug-likeness (QED) is 0.810. The first-order valence-electron chi connectivity index (χ1n) is 8.27. The van der Waals surface area contributed by atoms with Crippen molar-refractivity contribution in [3.63, 3.8) is 0 Å². The third-order valence-electron chi connectivity index (χ3n) is 3.92. The van der Waals surface area contributed by atoms with Crippen molar-refractivity contribution in [3.05, 3.63) is 35.7 Å². The minimum absolute atomic E-state index is 0.149. The first-order valence-corrected chi connectivity index (χ1v) is 9.05. The summed E-state index contributed by atoms with van der Waals surface area (Å²) in [5, 5.41) is 3.99. The number of amides is 1. The van der Waals surface area contributed by atoms with E-state index in [0.29, 0.717) is 45.8 Å². The number of carbonyl (C=O) groups excluding carboxylic acids is 1. The second-order valence-electron chi connectivity index (χ2n) is 5.75. The predicted molar refractivity (Wildman–Crippen MR) is 96.3 cm³/mol. The Hall–Kier alpha value is -2.03. The molecule has 25 heavy (non-hydrogen) atoms. The monoisotopic (exact) mass is 362 g/mol. The molecule has 0 spiro atoms. The average molecular weight is 362 g/mol. The van der Waals surface area contributed by atoms with Gasteiger partial charge in [0.15, 0.2) is 0 Å². The second kappa shape index (κ2) is 8.89. The van der Waals surface area contributed by atoms with Crippen LogP contribution < -0.4 is 5.32 Å². The number of nitrogens with one attached hydrogen (secondary N) is 1. The van der Waals surface area contributed by atoms with Crippen molar-refractivity contribution in [1.82, 2.24) is 14.3 Å². The van der Waals surface area contributed by atoms with Crippen LogP contribution in [0, 0.1) is 0 Å². The molecular weight excluding hydrogens is 340 g/mol. The Kier molecular flexibility index (Phi) is 6.32. The van der Waals surface area contributed by atoms with Crippen LogP contribution in [0.2, 0.25) is 0 Å². The Morgan fingerprint density at radius 1 is 1.32 bits per heavy atom. The van der Waals surface area contributed by atoms with Gasteiger partial charge in [-0.05, 0) is 17.7 Å². The van der Waals surface area contributed by atoms with Crippen LogP contribution in [-0.2, 0) is 27.1 Å². The molecule has 2 heterocycles. The molecule has 1 aliphatic rings. The molecule has 7 nitrogen and oxygen atoms in total. The summed E-state index contributed by atoms with van der Waals surface area (Å²) in [5.74, 6) is 0.929. The highest BCUT2D eigenvalue weighted by Gasteiger charge is 2.16. The van der Waals surface area contributed by atoms with E-state index in [0.717, 1.165) is 22.2 Å². The van der Waals surface area contributed by atoms with Crippen LogP contribution in [0.15, 0.2) is 24.3 Å². The zero-order valence-corrected chi connectivity index (χ0v) is 15.1. The molecule has 0 bridgehead atoms. The molecule has 1 fully saturated rings. The van der Waals surface area contributed by atoms with Gasteiger partial charge in [-0.2, -0.15) is 4.37 Å². The normalized spacial score (nSPS) is 14.5. The molecule has 0 unspecified atom stereocenters. The summed E-state index contributed by atoms with van der Waals surface area (Å²) < 4.78 is 14.6. The van der Waals surface area contributed by atoms with Crippen LogP contribution in [0.4, 0.5) is 10.8 Å². The minimum atomic E-state index is 0.149. The van der Waals surface area contributed by atoms with Crippen molar-refractivity contribution >= 4 is 28.3 Å². The van der Waals surface area contributed by atoms with Crippen LogP contribution in [0.25, 0.3) is 0 Å². The molecule has 1 aromatic heterocycles. The van der Waals surface area contributed by atoms with Gasteiger partial charge in [0, 0.05) is 43.8 Å². The molecule has 1 saturated heterocycles. The van der Waals surface area contributed by atoms with Gasteiger partial charge in [-0.25, -0.2) is 4.98 Å². The summed E-state index contributed by atoms with van der Waals surface area (Å²) in [7, 11) is 1.66. The van der Waals surface area contributed by atoms with E-state index < -0.39 is 0 Å². The highest BCUT2D eigenvalue weighted by Crippen LogP contribution is 2.19. The molecule has 0 aliphatic carbocycles. The van der Waals surface area contributed by atoms with Crippen molar-refractivity contribution in [3.8, 4) is 0 Å². The summed E-state index contributed by atoms with van der Waals surface area (Å²) >= 11 is 1.33. The van der Waals surface area contributed by atoms with Gasteiger partial charge in [-0.3, -0.25) is 4.79 Å². The van der Waals surface area contributed by atoms with E-state index in [1.54, 1.807) is 7.11 Å². The number of anilines is 2. The van der Waals surface area contributed by atoms with Crippen LogP contribution >= 0.6 is 11.5 Å². The number of benzene rings is 1. The van der Waals surface area contributed by atoms with E-state index in [1.165, 1.54) is 11.5 Å². The van der Waals surface area contributed by atoms with Gasteiger partial charge in [0.1, 0.15) is 5.82 Å². The first kappa shape index (κ1) is 17.8. The highest BCUT2D eigenvalue weighted by molar-refractivity contribution is 7.09. The Morgan fingerprint density at radius 2 is 2.08 bits per heavy atom. The van der Waals surface area contributed by atoms with Gasteiger partial charge >= 0.3 is 0 Å². The van der Waals surface area contributed by atoms with E-state index in [4.69, 9.17) is 9.47 Å². The molecular formula is C17H22N4O3S. The van der Waals surface area contributed by atoms with Crippen LogP contribution in [0.1, 0.15) is 11.4 Å². The van der Waals surface area contributed by atoms with Gasteiger partial charge in [0.05, 0.1) is 26.2 Å². The molecule has 134 valence electrons. The lowest BCUT2D eigenvalue weighted by Gasteiger charge is -2.26. The number of hydrogen-bond donors (Lipinski definition) is 1. The van der Waals surface area contributed by atoms with Gasteiger partial charge in [0.25, 0.3) is 0 Å². The third-order valence-corrected chi connectivity index (χ3v) is 4.59. The third kappa shape index (κ3) is 5.22. The van der Waals surface area contributed by atoms with Crippen LogP contribution in [0.3, 0.4) is 0 Å². The van der Waals surface area contributed by atoms with Crippen molar-refractivity contribution in [2.45, 2.75) is 12.8 Å². The number of morpholine rings is 1. The maximum absolute atomic E-state index is 12.3. The molecule has 2 aromatic rings. The number of methoxy groups -OCH3 is 1. The Labute approximate surface area is 151 Å². The number of aromatic nitrogens is 2. The minimum Gasteiger partial charge on any atom is -0.384 e. The highest BCUT2D eigenvalue weighted by atomic mass is 32.1. The molecule has 1 aliphatic heterocycles. The predicted octanol–water partition coefficient (Wildman–Crippen LogP) is 1.87. The summed E-state index contributed by atoms with van der Waals surface area (Å²) in [4.78, 5) is 18.5. The summed E-state index contributed by atoms with van der Waals surface area (Å²) in [5.41, 5.74) is 1.93. The molecule has 0 radical (unpaired) electrons. The van der Waals surface area contributed by atoms with E-state index in [-0.39, 0.29) is 5.91 Å². The topological polar surface area (TPSA) is 76.6 Å². The number of ether oxygens (including phenoxy) is 2. The molecule has 8 heteroatoms. The zero-order valence-electron chi connectivity index (χ0n) is 14.2. The smallest absolute Gasteiger partial charge is 0.227 e. The van der Waals surface area contributed by atoms with Crippen LogP contribution in [0.5, 0.6) is 0 Å². The fourth-order valence-electron chi connectivity index (χ4n) is 2.53. The Bertz CT molecular complexity index is 683. The summed E-state index contributed by atoms with van der Waals surface area (Å²) in [6, 6.07) is 7.84. The summed E-state index contributed by atoms with van der Waals surface area (Å²) in [6.07, 6.45) is 1.12. The molecule has 3 rings (SSSR count). The van der Waals surface area contributed by atoms with E-state index in [9.17, 15) is 4.79 Å². The molecule has 0 atom stereocenters. The Morgan fingerprint density at radius 3 is 2.80 bits per heavy atom. The van der Waals surface area contributed by atoms with E-state index >= 15 is 0 Å². The van der Waals surface area contributed by atoms with Crippen molar-refractivity contribution in [2.24, 2.45) is 0 Å². The average Bonchev–Trinajstić information content (AvgIpc) is 3.09. The number of nitrogens with zero attached hydrogens (tertiary/aromatic N) is 3. The Balaban J connectivity index is 1.53. The van der Waals surface area contributed by atoms with E-state index in [1.807, 2.05) is 29.2 Å². The van der Waals surface area contributed by atoms with Gasteiger partial charge < -0.3 is 19.7 Å². The lowest BCUT2D eigenvalue weighted by Crippen LogP contribution is -2.41. The first-order chi connectivity index (χ1) is 12.2. The lowest BCUT2D eigenvalue weighted by molar-refractivity contribution is -0.134. The molecule has 1 amide bonds. The van der Waals surface area contributed by atoms with Gasteiger partial charge in [-0.15, -0.1) is 0 Å². The number of rotatable bonds is 7. The maximum atomic E-state index is 12.3. The fraction of sp³-hybridized carbons (Fsp3) is 0.471. The number of hydrogen-bond acceptors (Lipinski definition) is 7. The largest absolute Gasteiger partial charge is 0.384 e. The zero-order chi connectivity index (χ0) is 17.5. The molecule has 1 N–H and O–H groups in total. The number of carbonyl (C=O) groups is 1. The summed E-state index contributed by atoms with van der Waals surface area (Å²) in [6.45, 7) is 3.23. The van der Waals surface area contributed by atoms with E-state index in [2.05, 4.69) is 14.7 Å². The maximum Gasteiger partial charge on any atom is 0.227 e. The van der Waals surface area contributed by atoms with Crippen molar-refractivity contribution < 1.29 is 14.3 Å². The van der Waals surface area contributed by atoms with Gasteiger partial charge in [-0.1, -0.05) is 12.1 Å². The van der Waals surface area contributed by atoms with Crippen LogP contribution in [-0.4, -0.2) is 60.2 Å². The standard InChI is InChI=1S/C17H22N4O3S/c1-23-9-6-15-19-17(25-20-15)18-14-4-2-13(3-5-14)12-16(22)21-7-10-24-11-8-21/h2-5H,6-12H2,1H3,(H,18,19,20). The molecule has 1 aromatic carbocycles. The van der Waals surface area contributed by atoms with Crippen molar-refractivity contribution in [1.29, 1.82) is 0 Å². The molecule has 0 saturated carbocycles. The SMILES string of the molecule is COCCc1nsc(Nc2ccc(CC(=O)N3CCOCC3)cc2)n1. The fourth-order valence-corrected chi connectivity index (χ4v) is 3.16. The second-order valence-corrected chi connectivity index (χ2v) is 6.50. The lowest BCUT2D eigenvalue weighted by atomic mass is 10.1. The van der Waals surface area contributed by atoms with Crippen molar-refractivity contribution in [2.75, 3.05) is 45.3 Å². The van der Waals surface area contributed by atoms with Gasteiger partial charge in [0.2, 0.25) is 11.0 Å².